The van der Waals surface area contributed by atoms with Gasteiger partial charge < -0.3 is 15.5 Å². The highest BCUT2D eigenvalue weighted by molar-refractivity contribution is 5.85. The molecule has 21 heavy (non-hydrogen) atoms. The van der Waals surface area contributed by atoms with Crippen LogP contribution in [0.2, 0.25) is 0 Å². The molecule has 0 heterocycles. The SMILES string of the molecule is CC(C)[C@@H](NCC(=O)NCC(=O)N(C)C)c1ccccc1. The molecular weight excluding hydrogens is 266 g/mol. The summed E-state index contributed by atoms with van der Waals surface area (Å²) in [6.45, 7) is 4.44. The van der Waals surface area contributed by atoms with Gasteiger partial charge in [0.2, 0.25) is 11.8 Å². The van der Waals surface area contributed by atoms with Crippen LogP contribution in [0.1, 0.15) is 25.5 Å². The van der Waals surface area contributed by atoms with Crippen molar-refractivity contribution in [1.82, 2.24) is 15.5 Å². The first kappa shape index (κ1) is 17.2. The standard InChI is InChI=1S/C16H25N3O2/c1-12(2)16(13-8-6-5-7-9-13)18-10-14(20)17-11-15(21)19(3)4/h5-9,12,16,18H,10-11H2,1-4H3,(H,17,20)/t16-/m1/s1. The highest BCUT2D eigenvalue weighted by Crippen LogP contribution is 2.20. The maximum Gasteiger partial charge on any atom is 0.241 e. The van der Waals surface area contributed by atoms with Crippen LogP contribution >= 0.6 is 0 Å². The lowest BCUT2D eigenvalue weighted by molar-refractivity contribution is -0.130. The van der Waals surface area contributed by atoms with Gasteiger partial charge in [0.05, 0.1) is 13.1 Å². The van der Waals surface area contributed by atoms with Crippen molar-refractivity contribution >= 4 is 11.8 Å². The predicted molar refractivity (Wildman–Crippen MR) is 83.7 cm³/mol. The van der Waals surface area contributed by atoms with E-state index in [4.69, 9.17) is 0 Å². The molecule has 0 spiro atoms. The molecule has 0 aromatic heterocycles. The molecule has 116 valence electrons. The average Bonchev–Trinajstić information content (AvgIpc) is 2.45. The summed E-state index contributed by atoms with van der Waals surface area (Å²) in [5.74, 6) is 0.0715. The normalized spacial score (nSPS) is 12.0. The number of hydrogen-bond donors (Lipinski definition) is 2. The molecule has 1 atom stereocenters. The highest BCUT2D eigenvalue weighted by Gasteiger charge is 2.16. The largest absolute Gasteiger partial charge is 0.347 e. The second kappa shape index (κ2) is 8.42. The minimum Gasteiger partial charge on any atom is -0.347 e. The van der Waals surface area contributed by atoms with E-state index in [9.17, 15) is 9.59 Å². The van der Waals surface area contributed by atoms with Crippen LogP contribution in [0.3, 0.4) is 0 Å². The smallest absolute Gasteiger partial charge is 0.241 e. The first-order chi connectivity index (χ1) is 9.91. The van der Waals surface area contributed by atoms with Crippen LogP contribution in [-0.4, -0.2) is 43.9 Å². The molecule has 0 unspecified atom stereocenters. The lowest BCUT2D eigenvalue weighted by Crippen LogP contribution is -2.41. The minimum absolute atomic E-state index is 0.0329. The number of amides is 2. The molecule has 1 aromatic rings. The van der Waals surface area contributed by atoms with Crippen molar-refractivity contribution in [2.24, 2.45) is 5.92 Å². The van der Waals surface area contributed by atoms with Crippen LogP contribution in [0.15, 0.2) is 30.3 Å². The van der Waals surface area contributed by atoms with Crippen LogP contribution in [0.4, 0.5) is 0 Å². The molecule has 0 aliphatic heterocycles. The van der Waals surface area contributed by atoms with Gasteiger partial charge in [-0.05, 0) is 11.5 Å². The lowest BCUT2D eigenvalue weighted by atomic mass is 9.96. The molecule has 1 aromatic carbocycles. The Balaban J connectivity index is 2.47. The van der Waals surface area contributed by atoms with E-state index in [2.05, 4.69) is 24.5 Å². The number of carbonyl (C=O) groups excluding carboxylic acids is 2. The van der Waals surface area contributed by atoms with Gasteiger partial charge >= 0.3 is 0 Å². The highest BCUT2D eigenvalue weighted by atomic mass is 16.2. The Kier molecular flexibility index (Phi) is 6.88. The maximum absolute atomic E-state index is 11.8. The van der Waals surface area contributed by atoms with E-state index in [1.807, 2.05) is 30.3 Å². The van der Waals surface area contributed by atoms with Gasteiger partial charge in [0.15, 0.2) is 0 Å². The quantitative estimate of drug-likeness (QED) is 0.793. The zero-order valence-corrected chi connectivity index (χ0v) is 13.2. The van der Waals surface area contributed by atoms with E-state index in [0.717, 1.165) is 5.56 Å². The Morgan fingerprint density at radius 1 is 1.10 bits per heavy atom. The molecule has 5 nitrogen and oxygen atoms in total. The molecule has 0 aliphatic carbocycles. The van der Waals surface area contributed by atoms with Crippen LogP contribution in [0.5, 0.6) is 0 Å². The molecule has 0 saturated heterocycles. The Morgan fingerprint density at radius 3 is 2.24 bits per heavy atom. The first-order valence-electron chi connectivity index (χ1n) is 7.17. The number of nitrogens with zero attached hydrogens (tertiary/aromatic N) is 1. The van der Waals surface area contributed by atoms with Crippen molar-refractivity contribution in [3.63, 3.8) is 0 Å². The Bertz CT molecular complexity index is 458. The van der Waals surface area contributed by atoms with Crippen molar-refractivity contribution in [2.75, 3.05) is 27.2 Å². The summed E-state index contributed by atoms with van der Waals surface area (Å²) in [7, 11) is 3.33. The Hall–Kier alpha value is -1.88. The molecule has 0 fully saturated rings. The van der Waals surface area contributed by atoms with Gasteiger partial charge in [0, 0.05) is 20.1 Å². The summed E-state index contributed by atoms with van der Waals surface area (Å²) >= 11 is 0. The summed E-state index contributed by atoms with van der Waals surface area (Å²) < 4.78 is 0. The molecule has 0 aliphatic rings. The average molecular weight is 291 g/mol. The van der Waals surface area contributed by atoms with Gasteiger partial charge in [0.25, 0.3) is 0 Å². The molecule has 0 saturated carbocycles. The molecule has 5 heteroatoms. The second-order valence-corrected chi connectivity index (χ2v) is 5.58. The predicted octanol–water partition coefficient (Wildman–Crippen LogP) is 1.18. The van der Waals surface area contributed by atoms with Crippen molar-refractivity contribution in [3.05, 3.63) is 35.9 Å². The summed E-state index contributed by atoms with van der Waals surface area (Å²) in [6.07, 6.45) is 0. The van der Waals surface area contributed by atoms with E-state index in [0.29, 0.717) is 5.92 Å². The summed E-state index contributed by atoms with van der Waals surface area (Å²) in [5.41, 5.74) is 1.16. The molecular formula is C16H25N3O2. The van der Waals surface area contributed by atoms with Crippen LogP contribution in [0, 0.1) is 5.92 Å². The fourth-order valence-electron chi connectivity index (χ4n) is 2.00. The summed E-state index contributed by atoms with van der Waals surface area (Å²) in [4.78, 5) is 24.6. The Labute approximate surface area is 126 Å². The van der Waals surface area contributed by atoms with Gasteiger partial charge in [-0.1, -0.05) is 44.2 Å². The molecule has 0 bridgehead atoms. The van der Waals surface area contributed by atoms with Crippen molar-refractivity contribution in [2.45, 2.75) is 19.9 Å². The third-order valence-electron chi connectivity index (χ3n) is 3.24. The summed E-state index contributed by atoms with van der Waals surface area (Å²) in [5, 5.41) is 5.87. The topological polar surface area (TPSA) is 61.4 Å². The Morgan fingerprint density at radius 2 is 1.71 bits per heavy atom. The summed E-state index contributed by atoms with van der Waals surface area (Å²) in [6, 6.07) is 10.2. The van der Waals surface area contributed by atoms with Crippen molar-refractivity contribution in [1.29, 1.82) is 0 Å². The van der Waals surface area contributed by atoms with Crippen LogP contribution < -0.4 is 10.6 Å². The van der Waals surface area contributed by atoms with E-state index < -0.39 is 0 Å². The van der Waals surface area contributed by atoms with Gasteiger partial charge in [-0.15, -0.1) is 0 Å². The van der Waals surface area contributed by atoms with Gasteiger partial charge in [0.1, 0.15) is 0 Å². The fraction of sp³-hybridized carbons (Fsp3) is 0.500. The van der Waals surface area contributed by atoms with E-state index in [-0.39, 0.29) is 30.9 Å². The number of likely N-dealkylation sites (N-methyl/N-ethyl adjacent to an activating group) is 1. The van der Waals surface area contributed by atoms with E-state index in [1.165, 1.54) is 4.90 Å². The molecule has 2 amide bonds. The minimum atomic E-state index is -0.174. The van der Waals surface area contributed by atoms with E-state index >= 15 is 0 Å². The molecule has 0 radical (unpaired) electrons. The third-order valence-corrected chi connectivity index (χ3v) is 3.24. The number of carbonyl (C=O) groups is 2. The zero-order valence-electron chi connectivity index (χ0n) is 13.2. The maximum atomic E-state index is 11.8. The number of hydrogen-bond acceptors (Lipinski definition) is 3. The fourth-order valence-corrected chi connectivity index (χ4v) is 2.00. The number of benzene rings is 1. The van der Waals surface area contributed by atoms with Crippen molar-refractivity contribution < 1.29 is 9.59 Å². The van der Waals surface area contributed by atoms with Crippen LogP contribution in [0.25, 0.3) is 0 Å². The molecule has 1 rings (SSSR count). The lowest BCUT2D eigenvalue weighted by Gasteiger charge is -2.22. The van der Waals surface area contributed by atoms with Gasteiger partial charge in [-0.3, -0.25) is 9.59 Å². The third kappa shape index (κ3) is 5.95. The van der Waals surface area contributed by atoms with Crippen LogP contribution in [-0.2, 0) is 9.59 Å². The zero-order chi connectivity index (χ0) is 15.8. The van der Waals surface area contributed by atoms with E-state index in [1.54, 1.807) is 14.1 Å². The van der Waals surface area contributed by atoms with Gasteiger partial charge in [-0.25, -0.2) is 0 Å². The first-order valence-corrected chi connectivity index (χ1v) is 7.17. The number of nitrogens with one attached hydrogen (secondary N) is 2. The molecule has 2 N–H and O–H groups in total. The van der Waals surface area contributed by atoms with Gasteiger partial charge in [-0.2, -0.15) is 0 Å². The second-order valence-electron chi connectivity index (χ2n) is 5.58. The monoisotopic (exact) mass is 291 g/mol. The van der Waals surface area contributed by atoms with Crippen molar-refractivity contribution in [3.8, 4) is 0 Å². The number of rotatable bonds is 7.